The van der Waals surface area contributed by atoms with Crippen molar-refractivity contribution in [1.29, 1.82) is 0 Å². The number of carbonyl (C=O) groups is 2. The van der Waals surface area contributed by atoms with Crippen molar-refractivity contribution in [3.63, 3.8) is 0 Å². The van der Waals surface area contributed by atoms with Gasteiger partial charge in [-0.25, -0.2) is 0 Å². The Morgan fingerprint density at radius 1 is 1.44 bits per heavy atom. The van der Waals surface area contributed by atoms with E-state index < -0.39 is 5.41 Å². The first-order chi connectivity index (χ1) is 8.46. The number of fused-ring (bicyclic) bond motifs is 1. The standard InChI is InChI=1S/C15H18O3/c1-10-4-5-12-11(8-10)9-15(2,14(12)17)7-6-13(16)18-3/h4-5,8H,6-7,9H2,1-3H3. The molecule has 1 atom stereocenters. The molecule has 1 aliphatic rings. The van der Waals surface area contributed by atoms with Crippen LogP contribution in [-0.4, -0.2) is 18.9 Å². The Morgan fingerprint density at radius 2 is 2.17 bits per heavy atom. The molecule has 0 spiro atoms. The summed E-state index contributed by atoms with van der Waals surface area (Å²) < 4.78 is 4.64. The molecule has 3 nitrogen and oxygen atoms in total. The highest BCUT2D eigenvalue weighted by molar-refractivity contribution is 6.04. The Balaban J connectivity index is 2.19. The van der Waals surface area contributed by atoms with Crippen LogP contribution in [0.25, 0.3) is 0 Å². The van der Waals surface area contributed by atoms with Crippen LogP contribution in [0, 0.1) is 12.3 Å². The fourth-order valence-corrected chi connectivity index (χ4v) is 2.60. The fourth-order valence-electron chi connectivity index (χ4n) is 2.60. The zero-order valence-corrected chi connectivity index (χ0v) is 11.1. The van der Waals surface area contributed by atoms with Crippen LogP contribution in [0.2, 0.25) is 0 Å². The third-order valence-electron chi connectivity index (χ3n) is 3.74. The van der Waals surface area contributed by atoms with Gasteiger partial charge in [0.05, 0.1) is 7.11 Å². The van der Waals surface area contributed by atoms with Gasteiger partial charge in [-0.2, -0.15) is 0 Å². The maximum absolute atomic E-state index is 12.4. The van der Waals surface area contributed by atoms with E-state index in [1.165, 1.54) is 12.7 Å². The molecule has 0 heterocycles. The van der Waals surface area contributed by atoms with Crippen LogP contribution in [0.15, 0.2) is 18.2 Å². The van der Waals surface area contributed by atoms with Crippen molar-refractivity contribution < 1.29 is 14.3 Å². The van der Waals surface area contributed by atoms with Crippen molar-refractivity contribution in [1.82, 2.24) is 0 Å². The number of ether oxygens (including phenoxy) is 1. The van der Waals surface area contributed by atoms with E-state index in [0.29, 0.717) is 12.8 Å². The molecular weight excluding hydrogens is 228 g/mol. The molecule has 2 rings (SSSR count). The normalized spacial score (nSPS) is 21.8. The molecule has 0 saturated heterocycles. The van der Waals surface area contributed by atoms with Gasteiger partial charge in [0, 0.05) is 17.4 Å². The van der Waals surface area contributed by atoms with Gasteiger partial charge in [0.15, 0.2) is 5.78 Å². The smallest absolute Gasteiger partial charge is 0.305 e. The van der Waals surface area contributed by atoms with Crippen LogP contribution in [0.5, 0.6) is 0 Å². The van der Waals surface area contributed by atoms with Crippen molar-refractivity contribution in [2.75, 3.05) is 7.11 Å². The quantitative estimate of drug-likeness (QED) is 0.770. The predicted molar refractivity (Wildman–Crippen MR) is 68.6 cm³/mol. The molecule has 1 aliphatic carbocycles. The molecule has 3 heteroatoms. The number of carbonyl (C=O) groups excluding carboxylic acids is 2. The molecule has 96 valence electrons. The van der Waals surface area contributed by atoms with Gasteiger partial charge in [0.25, 0.3) is 0 Å². The van der Waals surface area contributed by atoms with E-state index in [1.807, 2.05) is 26.0 Å². The molecule has 0 aromatic heterocycles. The SMILES string of the molecule is COC(=O)CCC1(C)Cc2cc(C)ccc2C1=O. The Bertz CT molecular complexity index is 504. The molecule has 0 radical (unpaired) electrons. The monoisotopic (exact) mass is 246 g/mol. The van der Waals surface area contributed by atoms with Crippen molar-refractivity contribution in [2.45, 2.75) is 33.1 Å². The van der Waals surface area contributed by atoms with Gasteiger partial charge in [-0.05, 0) is 25.3 Å². The van der Waals surface area contributed by atoms with E-state index in [-0.39, 0.29) is 11.8 Å². The molecule has 18 heavy (non-hydrogen) atoms. The largest absolute Gasteiger partial charge is 0.469 e. The molecule has 1 aromatic rings. The third-order valence-corrected chi connectivity index (χ3v) is 3.74. The number of benzene rings is 1. The van der Waals surface area contributed by atoms with E-state index in [4.69, 9.17) is 0 Å². The maximum atomic E-state index is 12.4. The second-order valence-corrected chi connectivity index (χ2v) is 5.30. The van der Waals surface area contributed by atoms with E-state index in [2.05, 4.69) is 10.8 Å². The van der Waals surface area contributed by atoms with Crippen LogP contribution in [0.3, 0.4) is 0 Å². The summed E-state index contributed by atoms with van der Waals surface area (Å²) in [5.74, 6) is -0.0995. The average molecular weight is 246 g/mol. The summed E-state index contributed by atoms with van der Waals surface area (Å²) in [6.07, 6.45) is 1.57. The van der Waals surface area contributed by atoms with Crippen LogP contribution in [0.4, 0.5) is 0 Å². The molecule has 0 N–H and O–H groups in total. The summed E-state index contributed by atoms with van der Waals surface area (Å²) in [7, 11) is 1.37. The van der Waals surface area contributed by atoms with E-state index in [0.717, 1.165) is 17.5 Å². The van der Waals surface area contributed by atoms with Gasteiger partial charge in [0.2, 0.25) is 0 Å². The molecule has 0 saturated carbocycles. The first kappa shape index (κ1) is 12.8. The van der Waals surface area contributed by atoms with Gasteiger partial charge < -0.3 is 4.74 Å². The van der Waals surface area contributed by atoms with Crippen LogP contribution in [0.1, 0.15) is 41.3 Å². The molecule has 0 aliphatic heterocycles. The molecule has 0 bridgehead atoms. The van der Waals surface area contributed by atoms with Gasteiger partial charge >= 0.3 is 5.97 Å². The van der Waals surface area contributed by atoms with Crippen LogP contribution in [-0.2, 0) is 16.0 Å². The zero-order valence-electron chi connectivity index (χ0n) is 11.1. The third kappa shape index (κ3) is 2.17. The number of rotatable bonds is 3. The number of methoxy groups -OCH3 is 1. The highest BCUT2D eigenvalue weighted by Gasteiger charge is 2.41. The molecular formula is C15H18O3. The molecule has 1 unspecified atom stereocenters. The lowest BCUT2D eigenvalue weighted by Gasteiger charge is -2.20. The van der Waals surface area contributed by atoms with E-state index >= 15 is 0 Å². The summed E-state index contributed by atoms with van der Waals surface area (Å²) in [5, 5.41) is 0. The van der Waals surface area contributed by atoms with Crippen molar-refractivity contribution >= 4 is 11.8 Å². The van der Waals surface area contributed by atoms with Gasteiger partial charge in [-0.15, -0.1) is 0 Å². The molecule has 0 amide bonds. The highest BCUT2D eigenvalue weighted by atomic mass is 16.5. The first-order valence-electron chi connectivity index (χ1n) is 6.17. The van der Waals surface area contributed by atoms with E-state index in [9.17, 15) is 9.59 Å². The predicted octanol–water partition coefficient (Wildman–Crippen LogP) is 2.69. The lowest BCUT2D eigenvalue weighted by Crippen LogP contribution is -2.25. The summed E-state index contributed by atoms with van der Waals surface area (Å²) in [6, 6.07) is 5.93. The van der Waals surface area contributed by atoms with Gasteiger partial charge in [0.1, 0.15) is 0 Å². The lowest BCUT2D eigenvalue weighted by atomic mass is 9.81. The fraction of sp³-hybridized carbons (Fsp3) is 0.467. The highest BCUT2D eigenvalue weighted by Crippen LogP contribution is 2.40. The minimum atomic E-state index is -0.454. The molecule has 0 fully saturated rings. The number of Topliss-reactive ketones (excluding diaryl/α,β-unsaturated/α-hetero) is 1. The minimum Gasteiger partial charge on any atom is -0.469 e. The summed E-state index contributed by atoms with van der Waals surface area (Å²) in [4.78, 5) is 23.6. The Hall–Kier alpha value is -1.64. The second-order valence-electron chi connectivity index (χ2n) is 5.30. The Kier molecular flexibility index (Phi) is 3.24. The Morgan fingerprint density at radius 3 is 2.83 bits per heavy atom. The van der Waals surface area contributed by atoms with Crippen LogP contribution < -0.4 is 0 Å². The zero-order chi connectivity index (χ0) is 13.3. The number of hydrogen-bond acceptors (Lipinski definition) is 3. The van der Waals surface area contributed by atoms with Gasteiger partial charge in [-0.3, -0.25) is 9.59 Å². The summed E-state index contributed by atoms with van der Waals surface area (Å²) >= 11 is 0. The number of hydrogen-bond donors (Lipinski definition) is 0. The number of ketones is 1. The van der Waals surface area contributed by atoms with E-state index in [1.54, 1.807) is 0 Å². The Labute approximate surface area is 107 Å². The average Bonchev–Trinajstić information content (AvgIpc) is 2.58. The lowest BCUT2D eigenvalue weighted by molar-refractivity contribution is -0.141. The maximum Gasteiger partial charge on any atom is 0.305 e. The minimum absolute atomic E-state index is 0.154. The van der Waals surface area contributed by atoms with Crippen molar-refractivity contribution in [3.05, 3.63) is 34.9 Å². The van der Waals surface area contributed by atoms with Crippen molar-refractivity contribution in [3.8, 4) is 0 Å². The second kappa shape index (κ2) is 4.56. The first-order valence-corrected chi connectivity index (χ1v) is 6.17. The van der Waals surface area contributed by atoms with Crippen LogP contribution >= 0.6 is 0 Å². The summed E-state index contributed by atoms with van der Waals surface area (Å²) in [6.45, 7) is 3.96. The topological polar surface area (TPSA) is 43.4 Å². The number of esters is 1. The van der Waals surface area contributed by atoms with Crippen molar-refractivity contribution in [2.24, 2.45) is 5.41 Å². The molecule has 1 aromatic carbocycles. The van der Waals surface area contributed by atoms with Gasteiger partial charge in [-0.1, -0.05) is 30.7 Å². The number of aryl methyl sites for hydroxylation is 1. The summed E-state index contributed by atoms with van der Waals surface area (Å²) in [5.41, 5.74) is 2.63.